The Morgan fingerprint density at radius 2 is 1.80 bits per heavy atom. The van der Waals surface area contributed by atoms with E-state index in [4.69, 9.17) is 4.74 Å². The third-order valence-electron chi connectivity index (χ3n) is 4.70. The highest BCUT2D eigenvalue weighted by molar-refractivity contribution is 5.95. The molecule has 1 aliphatic heterocycles. The molecule has 1 N–H and O–H groups in total. The molecule has 2 aromatic carbocycles. The number of benzene rings is 2. The molecule has 0 unspecified atom stereocenters. The number of esters is 1. The topological polar surface area (TPSA) is 41.6 Å². The van der Waals surface area contributed by atoms with Crippen molar-refractivity contribution in [2.45, 2.75) is 33.6 Å². The van der Waals surface area contributed by atoms with Crippen molar-refractivity contribution in [1.29, 1.82) is 0 Å². The summed E-state index contributed by atoms with van der Waals surface area (Å²) in [6.45, 7) is 8.38. The predicted octanol–water partition coefficient (Wildman–Crippen LogP) is 4.82. The Hall–Kier alpha value is -2.49. The van der Waals surface area contributed by atoms with Gasteiger partial charge in [-0.3, -0.25) is 0 Å². The van der Waals surface area contributed by atoms with E-state index in [1.54, 1.807) is 0 Å². The van der Waals surface area contributed by atoms with E-state index < -0.39 is 0 Å². The minimum atomic E-state index is -0.263. The number of carbonyl (C=O) groups is 1. The lowest BCUT2D eigenvalue weighted by Crippen LogP contribution is -2.20. The van der Waals surface area contributed by atoms with Crippen LogP contribution in [0.2, 0.25) is 0 Å². The van der Waals surface area contributed by atoms with Gasteiger partial charge in [-0.25, -0.2) is 4.79 Å². The zero-order chi connectivity index (χ0) is 17.8. The predicted molar refractivity (Wildman–Crippen MR) is 103 cm³/mol. The van der Waals surface area contributed by atoms with E-state index in [0.717, 1.165) is 35.7 Å². The SMILES string of the molecule is CCOC(=O)c1cc(Nc2ccccc2C)c(N2CCCC2)cc1C. The van der Waals surface area contributed by atoms with Crippen molar-refractivity contribution in [3.63, 3.8) is 0 Å². The summed E-state index contributed by atoms with van der Waals surface area (Å²) in [5.74, 6) is -0.263. The molecule has 4 heteroatoms. The number of rotatable bonds is 5. The lowest BCUT2D eigenvalue weighted by molar-refractivity contribution is 0.0525. The number of ether oxygens (including phenoxy) is 1. The zero-order valence-electron chi connectivity index (χ0n) is 15.3. The third-order valence-corrected chi connectivity index (χ3v) is 4.70. The fourth-order valence-corrected chi connectivity index (χ4v) is 3.30. The van der Waals surface area contributed by atoms with Crippen molar-refractivity contribution in [1.82, 2.24) is 0 Å². The first-order valence-corrected chi connectivity index (χ1v) is 8.99. The molecule has 3 rings (SSSR count). The molecule has 1 fully saturated rings. The number of carbonyl (C=O) groups excluding carboxylic acids is 1. The van der Waals surface area contributed by atoms with Crippen LogP contribution in [0.5, 0.6) is 0 Å². The molecule has 4 nitrogen and oxygen atoms in total. The Morgan fingerprint density at radius 1 is 1.08 bits per heavy atom. The summed E-state index contributed by atoms with van der Waals surface area (Å²) in [6, 6.07) is 12.2. The molecule has 132 valence electrons. The fraction of sp³-hybridized carbons (Fsp3) is 0.381. The molecule has 0 atom stereocenters. The van der Waals surface area contributed by atoms with E-state index >= 15 is 0 Å². The number of hydrogen-bond donors (Lipinski definition) is 1. The number of aryl methyl sites for hydroxylation is 2. The molecule has 1 saturated heterocycles. The van der Waals surface area contributed by atoms with Crippen molar-refractivity contribution < 1.29 is 9.53 Å². The van der Waals surface area contributed by atoms with Crippen molar-refractivity contribution >= 4 is 23.0 Å². The van der Waals surface area contributed by atoms with Crippen molar-refractivity contribution in [2.75, 3.05) is 29.9 Å². The smallest absolute Gasteiger partial charge is 0.338 e. The van der Waals surface area contributed by atoms with E-state index in [2.05, 4.69) is 35.3 Å². The van der Waals surface area contributed by atoms with Crippen LogP contribution in [0.15, 0.2) is 36.4 Å². The maximum absolute atomic E-state index is 12.3. The van der Waals surface area contributed by atoms with Crippen molar-refractivity contribution in [3.8, 4) is 0 Å². The van der Waals surface area contributed by atoms with Gasteiger partial charge in [0.15, 0.2) is 0 Å². The minimum absolute atomic E-state index is 0.263. The van der Waals surface area contributed by atoms with Crippen LogP contribution in [0, 0.1) is 13.8 Å². The van der Waals surface area contributed by atoms with Crippen LogP contribution in [-0.2, 0) is 4.74 Å². The standard InChI is InChI=1S/C21H26N2O2/c1-4-25-21(24)17-14-19(22-18-10-6-5-9-15(18)2)20(13-16(17)3)23-11-7-8-12-23/h5-6,9-10,13-14,22H,4,7-8,11-12H2,1-3H3. The molecule has 0 aromatic heterocycles. The molecule has 25 heavy (non-hydrogen) atoms. The highest BCUT2D eigenvalue weighted by atomic mass is 16.5. The largest absolute Gasteiger partial charge is 0.462 e. The molecule has 0 amide bonds. The first-order chi connectivity index (χ1) is 12.1. The molecular weight excluding hydrogens is 312 g/mol. The second-order valence-corrected chi connectivity index (χ2v) is 6.54. The van der Waals surface area contributed by atoms with Gasteiger partial charge in [-0.2, -0.15) is 0 Å². The van der Waals surface area contributed by atoms with Crippen LogP contribution in [0.25, 0.3) is 0 Å². The van der Waals surface area contributed by atoms with Gasteiger partial charge in [-0.15, -0.1) is 0 Å². The highest BCUT2D eigenvalue weighted by Crippen LogP contribution is 2.35. The number of nitrogens with one attached hydrogen (secondary N) is 1. The summed E-state index contributed by atoms with van der Waals surface area (Å²) in [7, 11) is 0. The molecular formula is C21H26N2O2. The Labute approximate surface area is 149 Å². The maximum Gasteiger partial charge on any atom is 0.338 e. The number of para-hydroxylation sites is 1. The molecule has 0 saturated carbocycles. The molecule has 1 aliphatic rings. The van der Waals surface area contributed by atoms with E-state index in [1.807, 2.05) is 32.0 Å². The van der Waals surface area contributed by atoms with Crippen molar-refractivity contribution in [3.05, 3.63) is 53.1 Å². The summed E-state index contributed by atoms with van der Waals surface area (Å²) in [5.41, 5.74) is 5.93. The summed E-state index contributed by atoms with van der Waals surface area (Å²) < 4.78 is 5.22. The Kier molecular flexibility index (Phi) is 5.27. The average Bonchev–Trinajstić information content (AvgIpc) is 3.12. The van der Waals surface area contributed by atoms with Crippen LogP contribution < -0.4 is 10.2 Å². The van der Waals surface area contributed by atoms with Crippen LogP contribution in [0.3, 0.4) is 0 Å². The lowest BCUT2D eigenvalue weighted by atomic mass is 10.0. The normalized spacial score (nSPS) is 13.8. The van der Waals surface area contributed by atoms with E-state index in [1.165, 1.54) is 18.4 Å². The van der Waals surface area contributed by atoms with Crippen LogP contribution in [0.1, 0.15) is 41.3 Å². The van der Waals surface area contributed by atoms with Gasteiger partial charge in [0.25, 0.3) is 0 Å². The van der Waals surface area contributed by atoms with Crippen LogP contribution >= 0.6 is 0 Å². The zero-order valence-corrected chi connectivity index (χ0v) is 15.3. The second kappa shape index (κ2) is 7.60. The Bertz CT molecular complexity index is 764. The number of anilines is 3. The van der Waals surface area contributed by atoms with E-state index in [0.29, 0.717) is 12.2 Å². The van der Waals surface area contributed by atoms with Gasteiger partial charge < -0.3 is 15.0 Å². The highest BCUT2D eigenvalue weighted by Gasteiger charge is 2.20. The summed E-state index contributed by atoms with van der Waals surface area (Å²) >= 11 is 0. The van der Waals surface area contributed by atoms with Gasteiger partial charge in [0.1, 0.15) is 0 Å². The summed E-state index contributed by atoms with van der Waals surface area (Å²) in [6.07, 6.45) is 2.42. The van der Waals surface area contributed by atoms with Gasteiger partial charge in [-0.05, 0) is 62.9 Å². The molecule has 0 radical (unpaired) electrons. The monoisotopic (exact) mass is 338 g/mol. The van der Waals surface area contributed by atoms with E-state index in [9.17, 15) is 4.79 Å². The van der Waals surface area contributed by atoms with Crippen LogP contribution in [-0.4, -0.2) is 25.7 Å². The number of hydrogen-bond acceptors (Lipinski definition) is 4. The Balaban J connectivity index is 2.03. The van der Waals surface area contributed by atoms with Gasteiger partial charge in [0, 0.05) is 18.8 Å². The Morgan fingerprint density at radius 3 is 2.48 bits per heavy atom. The van der Waals surface area contributed by atoms with Crippen LogP contribution in [0.4, 0.5) is 17.1 Å². The molecule has 2 aromatic rings. The van der Waals surface area contributed by atoms with Gasteiger partial charge >= 0.3 is 5.97 Å². The second-order valence-electron chi connectivity index (χ2n) is 6.54. The van der Waals surface area contributed by atoms with E-state index in [-0.39, 0.29) is 5.97 Å². The number of nitrogens with zero attached hydrogens (tertiary/aromatic N) is 1. The first kappa shape index (κ1) is 17.3. The molecule has 1 heterocycles. The van der Waals surface area contributed by atoms with Gasteiger partial charge in [-0.1, -0.05) is 18.2 Å². The summed E-state index contributed by atoms with van der Waals surface area (Å²) in [4.78, 5) is 14.7. The van der Waals surface area contributed by atoms with Crippen molar-refractivity contribution in [2.24, 2.45) is 0 Å². The summed E-state index contributed by atoms with van der Waals surface area (Å²) in [5, 5.41) is 3.53. The van der Waals surface area contributed by atoms with Gasteiger partial charge in [0.2, 0.25) is 0 Å². The first-order valence-electron chi connectivity index (χ1n) is 8.99. The quantitative estimate of drug-likeness (QED) is 0.793. The minimum Gasteiger partial charge on any atom is -0.462 e. The lowest BCUT2D eigenvalue weighted by Gasteiger charge is -2.24. The van der Waals surface area contributed by atoms with Gasteiger partial charge in [0.05, 0.1) is 23.5 Å². The molecule has 0 aliphatic carbocycles. The molecule has 0 bridgehead atoms. The average molecular weight is 338 g/mol. The fourth-order valence-electron chi connectivity index (χ4n) is 3.30. The maximum atomic E-state index is 12.3. The molecule has 0 spiro atoms. The third kappa shape index (κ3) is 3.78.